The first-order valence-electron chi connectivity index (χ1n) is 42.6. The highest BCUT2D eigenvalue weighted by molar-refractivity contribution is 6.15. The lowest BCUT2D eigenvalue weighted by molar-refractivity contribution is 1.15. The number of hydrogen-bond donors (Lipinski definition) is 0. The van der Waals surface area contributed by atoms with Gasteiger partial charge in [0, 0.05) is 158 Å². The molecule has 0 saturated heterocycles. The van der Waals surface area contributed by atoms with Crippen LogP contribution in [0.15, 0.2) is 292 Å². The Kier molecular flexibility index (Phi) is 13.3. The summed E-state index contributed by atoms with van der Waals surface area (Å²) in [6.45, 7) is 0. The second-order valence-corrected chi connectivity index (χ2v) is 34.0. The van der Waals surface area contributed by atoms with Crippen molar-refractivity contribution >= 4 is 110 Å². The van der Waals surface area contributed by atoms with Crippen molar-refractivity contribution in [3.05, 3.63) is 382 Å². The van der Waals surface area contributed by atoms with Crippen LogP contribution in [-0.2, 0) is 51.4 Å². The lowest BCUT2D eigenvalue weighted by Gasteiger charge is -2.12. The molecule has 0 spiro atoms. The van der Waals surface area contributed by atoms with E-state index in [4.69, 9.17) is 44.9 Å². The maximum absolute atomic E-state index is 5.16. The minimum absolute atomic E-state index is 0.860. The van der Waals surface area contributed by atoms with Crippen LogP contribution in [0.4, 0.5) is 0 Å². The number of rotatable bonds is 0. The standard InChI is InChI=1S/4C27H16N4/c1-2-6-17-15(5-1)13-21-18(17)10-9-16-14-22-25(23(16)21)31-26-19(7-4-12-29-26)24-20(27(31)30-22)8-3-11-28-24;1-2-6-17-15(5-1)13-21-18(17)10-9-16-14-22-25(23(16)21)31-26-20(8-4-12-29-26)19-7-3-11-28-24(19)27(31)30-22;1-2-5-17-15(4-1)12-21-18(17)8-7-16-13-23-25(24(16)21)31-26-20(6-3-10-29-26)19-9-11-28-14-22(19)27(31)30-23;1-2-5-17-15(4-1)12-21-18(17)8-7-16-13-23-25(24(16)21)31-26-19(6-3-10-29-26)22-14-28-11-9-20(22)27(31)30-23/h2*1-12H,13-14H2;2*1-11,14H,12-13H2. The molecule has 8 aliphatic carbocycles. The Morgan fingerprint density at radius 3 is 0.911 bits per heavy atom. The van der Waals surface area contributed by atoms with Gasteiger partial charge in [-0.2, -0.15) is 0 Å². The van der Waals surface area contributed by atoms with E-state index in [0.717, 1.165) is 184 Å². The van der Waals surface area contributed by atoms with Gasteiger partial charge in [-0.1, -0.05) is 152 Å². The van der Waals surface area contributed by atoms with Gasteiger partial charge in [0.15, 0.2) is 5.65 Å². The number of imidazole rings is 4. The lowest BCUT2D eigenvalue weighted by Crippen LogP contribution is -1.98. The molecule has 124 heavy (non-hydrogen) atoms. The van der Waals surface area contributed by atoms with Crippen LogP contribution in [0.25, 0.3) is 200 Å². The van der Waals surface area contributed by atoms with E-state index in [2.05, 4.69) is 227 Å². The van der Waals surface area contributed by atoms with E-state index < -0.39 is 0 Å². The molecule has 0 fully saturated rings. The maximum atomic E-state index is 5.16. The zero-order valence-electron chi connectivity index (χ0n) is 66.5. The minimum atomic E-state index is 0.860. The molecule has 0 bridgehead atoms. The van der Waals surface area contributed by atoms with Crippen molar-refractivity contribution in [2.45, 2.75) is 51.4 Å². The molecule has 0 amide bonds. The Bertz CT molecular complexity index is 8010. The van der Waals surface area contributed by atoms with Crippen LogP contribution in [0.5, 0.6) is 0 Å². The highest BCUT2D eigenvalue weighted by atomic mass is 15.1. The van der Waals surface area contributed by atoms with E-state index in [1.54, 1.807) is 0 Å². The molecule has 16 heteroatoms. The Labute approximate surface area is 706 Å². The first-order valence-corrected chi connectivity index (χ1v) is 42.6. The minimum Gasteiger partial charge on any atom is -0.275 e. The van der Waals surface area contributed by atoms with Crippen molar-refractivity contribution < 1.29 is 0 Å². The van der Waals surface area contributed by atoms with Gasteiger partial charge in [0.1, 0.15) is 45.0 Å². The lowest BCUT2D eigenvalue weighted by atomic mass is 9.97. The summed E-state index contributed by atoms with van der Waals surface area (Å²) in [5.74, 6) is 0. The fraction of sp³-hybridized carbons (Fsp3) is 0.0741. The Balaban J connectivity index is 0.0000000828. The predicted octanol–water partition coefficient (Wildman–Crippen LogP) is 22.3. The molecule has 8 aromatic carbocycles. The maximum Gasteiger partial charge on any atom is 0.165 e. The van der Waals surface area contributed by atoms with Gasteiger partial charge < -0.3 is 0 Å². The summed E-state index contributed by atoms with van der Waals surface area (Å²) in [6.07, 6.45) is 26.1. The Morgan fingerprint density at radius 1 is 0.185 bits per heavy atom. The Hall–Kier alpha value is -16.2. The molecule has 8 aliphatic rings. The molecule has 16 aromatic heterocycles. The number of nitrogens with zero attached hydrogens (tertiary/aromatic N) is 16. The van der Waals surface area contributed by atoms with Crippen LogP contribution >= 0.6 is 0 Å². The quantitative estimate of drug-likeness (QED) is 0.132. The van der Waals surface area contributed by atoms with E-state index in [0.29, 0.717) is 0 Å². The van der Waals surface area contributed by atoms with E-state index in [1.807, 2.05) is 98.4 Å². The third-order valence-electron chi connectivity index (χ3n) is 27.8. The molecular formula is C108H64N16. The molecule has 0 atom stereocenters. The van der Waals surface area contributed by atoms with Crippen LogP contribution < -0.4 is 0 Å². The monoisotopic (exact) mass is 1580 g/mol. The molecule has 0 aliphatic heterocycles. The van der Waals surface area contributed by atoms with Crippen LogP contribution in [0.3, 0.4) is 0 Å². The molecule has 0 unspecified atom stereocenters. The molecule has 576 valence electrons. The van der Waals surface area contributed by atoms with E-state index in [1.165, 1.54) is 156 Å². The molecule has 16 nitrogen and oxygen atoms in total. The fourth-order valence-electron chi connectivity index (χ4n) is 22.8. The molecule has 32 rings (SSSR count). The summed E-state index contributed by atoms with van der Waals surface area (Å²) < 4.78 is 9.12. The molecule has 0 saturated carbocycles. The Morgan fingerprint density at radius 2 is 0.484 bits per heavy atom. The highest BCUT2D eigenvalue weighted by Gasteiger charge is 2.39. The van der Waals surface area contributed by atoms with Crippen LogP contribution in [0.2, 0.25) is 0 Å². The van der Waals surface area contributed by atoms with Gasteiger partial charge in [0.2, 0.25) is 0 Å². The van der Waals surface area contributed by atoms with Crippen LogP contribution in [-0.4, -0.2) is 77.4 Å². The third-order valence-corrected chi connectivity index (χ3v) is 27.8. The third kappa shape index (κ3) is 8.98. The van der Waals surface area contributed by atoms with E-state index in [9.17, 15) is 0 Å². The van der Waals surface area contributed by atoms with E-state index in [-0.39, 0.29) is 0 Å². The molecule has 0 N–H and O–H groups in total. The van der Waals surface area contributed by atoms with Crippen molar-refractivity contribution in [2.24, 2.45) is 0 Å². The number of pyridine rings is 12. The molecule has 16 heterocycles. The first kappa shape index (κ1) is 66.7. The second kappa shape index (κ2) is 24.7. The predicted molar refractivity (Wildman–Crippen MR) is 489 cm³/mol. The van der Waals surface area contributed by atoms with Crippen molar-refractivity contribution in [1.29, 1.82) is 0 Å². The van der Waals surface area contributed by atoms with Crippen LogP contribution in [0, 0.1) is 0 Å². The fourth-order valence-corrected chi connectivity index (χ4v) is 22.8. The van der Waals surface area contributed by atoms with Crippen molar-refractivity contribution in [1.82, 2.24) is 77.4 Å². The average molecular weight is 1590 g/mol. The first-order chi connectivity index (χ1) is 61.5. The molecule has 0 radical (unpaired) electrons. The SMILES string of the molecule is c1ccc2c(c1)Cc1c-2ccc2c1-c1c(nc3c4cccnc4c4cccnc4n13)C2.c1ccc2c(c1)Cc1c-2ccc2c1-c1c(nc3c4ccncc4c4cccnc4n13)C2.c1ccc2c(c1)Cc1c-2ccc2c1-c1c(nc3c4cnccc4c4cccnc4n13)C2.c1ccc2c(c1)Cc1c-2ccc2c1-c1c(nc3c4ncccc4c4cccnc4n13)C2. The highest BCUT2D eigenvalue weighted by Crippen LogP contribution is 2.55. The number of benzene rings is 8. The van der Waals surface area contributed by atoms with Gasteiger partial charge in [-0.15, -0.1) is 0 Å². The summed E-state index contributed by atoms with van der Waals surface area (Å²) in [6, 6.07) is 82.4. The van der Waals surface area contributed by atoms with Crippen molar-refractivity contribution in [3.63, 3.8) is 0 Å². The summed E-state index contributed by atoms with van der Waals surface area (Å²) in [7, 11) is 0. The zero-order valence-corrected chi connectivity index (χ0v) is 66.5. The average Bonchev–Trinajstić information content (AvgIpc) is 1.55. The number of fused-ring (bicyclic) bond motifs is 56. The van der Waals surface area contributed by atoms with Gasteiger partial charge in [-0.3, -0.25) is 37.5 Å². The summed E-state index contributed by atoms with van der Waals surface area (Å²) in [4.78, 5) is 58.0. The topological polar surface area (TPSA) is 172 Å². The molecular weight excluding hydrogens is 1520 g/mol. The largest absolute Gasteiger partial charge is 0.275 e. The summed E-state index contributed by atoms with van der Waals surface area (Å²) in [5, 5.41) is 11.1. The van der Waals surface area contributed by atoms with Gasteiger partial charge in [-0.05, 0) is 221 Å². The van der Waals surface area contributed by atoms with Gasteiger partial charge in [-0.25, -0.2) is 39.9 Å². The van der Waals surface area contributed by atoms with Gasteiger partial charge in [0.05, 0.1) is 51.1 Å². The van der Waals surface area contributed by atoms with Gasteiger partial charge >= 0.3 is 0 Å². The van der Waals surface area contributed by atoms with E-state index >= 15 is 0 Å². The smallest absolute Gasteiger partial charge is 0.165 e. The van der Waals surface area contributed by atoms with Gasteiger partial charge in [0.25, 0.3) is 0 Å². The summed E-state index contributed by atoms with van der Waals surface area (Å²) in [5.41, 5.74) is 52.0. The number of hydrogen-bond acceptors (Lipinski definition) is 12. The zero-order chi connectivity index (χ0) is 80.4. The normalized spacial score (nSPS) is 13.5. The number of aromatic nitrogens is 16. The molecule has 24 aromatic rings. The van der Waals surface area contributed by atoms with Crippen molar-refractivity contribution in [3.8, 4) is 89.5 Å². The summed E-state index contributed by atoms with van der Waals surface area (Å²) >= 11 is 0. The van der Waals surface area contributed by atoms with Crippen LogP contribution in [0.1, 0.15) is 89.5 Å². The van der Waals surface area contributed by atoms with Crippen molar-refractivity contribution in [2.75, 3.05) is 0 Å². The second-order valence-electron chi connectivity index (χ2n) is 34.0.